The number of rotatable bonds is 0. The molecule has 0 amide bonds. The summed E-state index contributed by atoms with van der Waals surface area (Å²) in [6.07, 6.45) is 11.4. The van der Waals surface area contributed by atoms with Crippen LogP contribution in [0.15, 0.2) is 24.3 Å². The van der Waals surface area contributed by atoms with E-state index in [1.54, 1.807) is 0 Å². The summed E-state index contributed by atoms with van der Waals surface area (Å²) in [6, 6.07) is 0.513. The Labute approximate surface area is 61.8 Å². The fourth-order valence-electron chi connectivity index (χ4n) is 1.67. The van der Waals surface area contributed by atoms with Crippen LogP contribution in [-0.2, 0) is 0 Å². The van der Waals surface area contributed by atoms with Crippen LogP contribution in [0.5, 0.6) is 0 Å². The summed E-state index contributed by atoms with van der Waals surface area (Å²) in [4.78, 5) is 0. The molecule has 1 nitrogen and oxygen atoms in total. The van der Waals surface area contributed by atoms with Gasteiger partial charge < -0.3 is 0 Å². The average Bonchev–Trinajstić information content (AvgIpc) is 2.05. The van der Waals surface area contributed by atoms with Crippen molar-refractivity contribution in [1.29, 1.82) is 0 Å². The summed E-state index contributed by atoms with van der Waals surface area (Å²) in [5.74, 6) is 0.721. The molecule has 53 valence electrons. The van der Waals surface area contributed by atoms with Crippen molar-refractivity contribution in [3.8, 4) is 0 Å². The number of hydrogen-bond donors (Lipinski definition) is 0. The van der Waals surface area contributed by atoms with Crippen molar-refractivity contribution in [2.24, 2.45) is 5.92 Å². The fraction of sp³-hybridized carbons (Fsp3) is 0.556. The van der Waals surface area contributed by atoms with E-state index in [0.717, 1.165) is 12.5 Å². The van der Waals surface area contributed by atoms with E-state index >= 15 is 0 Å². The summed E-state index contributed by atoms with van der Waals surface area (Å²) in [7, 11) is 0. The van der Waals surface area contributed by atoms with Crippen molar-refractivity contribution >= 4 is 0 Å². The van der Waals surface area contributed by atoms with E-state index < -0.39 is 0 Å². The maximum Gasteiger partial charge on any atom is 0.0491 e. The SMILES string of the molecule is C1=CC2CCC[N]C2C=C1. The Balaban J connectivity index is 2.09. The lowest BCUT2D eigenvalue weighted by Gasteiger charge is -2.28. The van der Waals surface area contributed by atoms with Gasteiger partial charge in [-0.3, -0.25) is 0 Å². The summed E-state index contributed by atoms with van der Waals surface area (Å²) in [5.41, 5.74) is 0. The minimum atomic E-state index is 0.513. The lowest BCUT2D eigenvalue weighted by atomic mass is 9.88. The molecule has 0 spiro atoms. The number of nitrogens with zero attached hydrogens (tertiary/aromatic N) is 1. The zero-order valence-corrected chi connectivity index (χ0v) is 6.03. The smallest absolute Gasteiger partial charge is 0.0491 e. The molecule has 1 fully saturated rings. The van der Waals surface area contributed by atoms with Crippen LogP contribution >= 0.6 is 0 Å². The van der Waals surface area contributed by atoms with Crippen molar-refractivity contribution in [2.75, 3.05) is 6.54 Å². The number of hydrogen-bond acceptors (Lipinski definition) is 0. The quantitative estimate of drug-likeness (QED) is 0.476. The van der Waals surface area contributed by atoms with Gasteiger partial charge in [-0.2, -0.15) is 0 Å². The third-order valence-electron chi connectivity index (χ3n) is 2.25. The molecule has 2 aliphatic rings. The van der Waals surface area contributed by atoms with Gasteiger partial charge in [0.25, 0.3) is 0 Å². The van der Waals surface area contributed by atoms with Gasteiger partial charge in [0.2, 0.25) is 0 Å². The second-order valence-corrected chi connectivity index (χ2v) is 2.97. The minimum Gasteiger partial charge on any atom is -0.234 e. The molecule has 1 heterocycles. The highest BCUT2D eigenvalue weighted by atomic mass is 14.9. The molecule has 1 aliphatic carbocycles. The van der Waals surface area contributed by atoms with Crippen LogP contribution in [-0.4, -0.2) is 12.6 Å². The van der Waals surface area contributed by atoms with Gasteiger partial charge in [-0.15, -0.1) is 0 Å². The molecule has 0 bridgehead atoms. The van der Waals surface area contributed by atoms with Gasteiger partial charge in [-0.1, -0.05) is 24.3 Å². The van der Waals surface area contributed by atoms with E-state index in [1.165, 1.54) is 12.8 Å². The van der Waals surface area contributed by atoms with Crippen molar-refractivity contribution in [2.45, 2.75) is 18.9 Å². The molecular formula is C9H12N. The van der Waals surface area contributed by atoms with E-state index in [0.29, 0.717) is 6.04 Å². The van der Waals surface area contributed by atoms with Crippen molar-refractivity contribution in [3.05, 3.63) is 24.3 Å². The minimum absolute atomic E-state index is 0.513. The van der Waals surface area contributed by atoms with E-state index in [1.807, 2.05) is 0 Å². The second-order valence-electron chi connectivity index (χ2n) is 2.97. The lowest BCUT2D eigenvalue weighted by Crippen LogP contribution is -2.34. The molecule has 1 radical (unpaired) electrons. The number of allylic oxidation sites excluding steroid dienone is 2. The van der Waals surface area contributed by atoms with Gasteiger partial charge in [0.15, 0.2) is 0 Å². The molecule has 2 rings (SSSR count). The molecular weight excluding hydrogens is 122 g/mol. The Kier molecular flexibility index (Phi) is 1.60. The highest BCUT2D eigenvalue weighted by Crippen LogP contribution is 2.22. The zero-order chi connectivity index (χ0) is 6.81. The van der Waals surface area contributed by atoms with Crippen molar-refractivity contribution in [1.82, 2.24) is 5.32 Å². The maximum atomic E-state index is 4.51. The molecule has 0 N–H and O–H groups in total. The molecule has 10 heavy (non-hydrogen) atoms. The van der Waals surface area contributed by atoms with E-state index in [4.69, 9.17) is 0 Å². The standard InChI is InChI=1S/C9H12N/c1-2-6-9-8(4-1)5-3-7-10-9/h1-2,4,6,8-9H,3,5,7H2. The molecule has 0 saturated carbocycles. The first-order valence-electron chi connectivity index (χ1n) is 3.98. The van der Waals surface area contributed by atoms with Crippen LogP contribution in [0, 0.1) is 5.92 Å². The van der Waals surface area contributed by atoms with Crippen LogP contribution < -0.4 is 5.32 Å². The van der Waals surface area contributed by atoms with Crippen LogP contribution in [0.2, 0.25) is 0 Å². The molecule has 0 aromatic heterocycles. The Hall–Kier alpha value is -0.560. The fourth-order valence-corrected chi connectivity index (χ4v) is 1.67. The molecule has 2 unspecified atom stereocenters. The molecule has 1 aliphatic heterocycles. The largest absolute Gasteiger partial charge is 0.234 e. The highest BCUT2D eigenvalue weighted by Gasteiger charge is 2.21. The normalized spacial score (nSPS) is 37.6. The summed E-state index contributed by atoms with van der Waals surface area (Å²) in [6.45, 7) is 1.07. The molecule has 0 aromatic carbocycles. The molecule has 2 atom stereocenters. The first-order valence-corrected chi connectivity index (χ1v) is 3.98. The Bertz CT molecular complexity index is 150. The van der Waals surface area contributed by atoms with Gasteiger partial charge in [0.1, 0.15) is 0 Å². The Morgan fingerprint density at radius 2 is 2.10 bits per heavy atom. The average molecular weight is 134 g/mol. The maximum absolute atomic E-state index is 4.51. The van der Waals surface area contributed by atoms with Gasteiger partial charge in [-0.25, -0.2) is 5.32 Å². The highest BCUT2D eigenvalue weighted by molar-refractivity contribution is 5.17. The third kappa shape index (κ3) is 1.01. The van der Waals surface area contributed by atoms with Gasteiger partial charge in [-0.05, 0) is 18.8 Å². The Morgan fingerprint density at radius 1 is 1.20 bits per heavy atom. The van der Waals surface area contributed by atoms with E-state index in [-0.39, 0.29) is 0 Å². The van der Waals surface area contributed by atoms with Crippen molar-refractivity contribution < 1.29 is 0 Å². The summed E-state index contributed by atoms with van der Waals surface area (Å²) in [5, 5.41) is 4.51. The van der Waals surface area contributed by atoms with E-state index in [9.17, 15) is 0 Å². The molecule has 1 heteroatoms. The molecule has 1 saturated heterocycles. The van der Waals surface area contributed by atoms with Crippen LogP contribution in [0.4, 0.5) is 0 Å². The van der Waals surface area contributed by atoms with Crippen LogP contribution in [0.25, 0.3) is 0 Å². The molecule has 0 aromatic rings. The number of fused-ring (bicyclic) bond motifs is 1. The predicted molar refractivity (Wildman–Crippen MR) is 41.8 cm³/mol. The predicted octanol–water partition coefficient (Wildman–Crippen LogP) is 1.50. The Morgan fingerprint density at radius 3 is 3.00 bits per heavy atom. The first kappa shape index (κ1) is 6.17. The van der Waals surface area contributed by atoms with Crippen LogP contribution in [0.1, 0.15) is 12.8 Å². The number of piperidine rings is 1. The van der Waals surface area contributed by atoms with Gasteiger partial charge >= 0.3 is 0 Å². The first-order chi connectivity index (χ1) is 4.97. The second kappa shape index (κ2) is 2.59. The monoisotopic (exact) mass is 134 g/mol. The zero-order valence-electron chi connectivity index (χ0n) is 6.03. The third-order valence-corrected chi connectivity index (χ3v) is 2.25. The van der Waals surface area contributed by atoms with E-state index in [2.05, 4.69) is 29.6 Å². The topological polar surface area (TPSA) is 14.1 Å². The van der Waals surface area contributed by atoms with Crippen molar-refractivity contribution in [3.63, 3.8) is 0 Å². The summed E-state index contributed by atoms with van der Waals surface area (Å²) < 4.78 is 0. The summed E-state index contributed by atoms with van der Waals surface area (Å²) >= 11 is 0. The lowest BCUT2D eigenvalue weighted by molar-refractivity contribution is 0.365. The van der Waals surface area contributed by atoms with Crippen LogP contribution in [0.3, 0.4) is 0 Å². The van der Waals surface area contributed by atoms with Gasteiger partial charge in [0, 0.05) is 12.6 Å². The van der Waals surface area contributed by atoms with Gasteiger partial charge in [0.05, 0.1) is 0 Å².